The molecule has 9 heteroatoms. The minimum atomic E-state index is -0.185. The second-order valence-electron chi connectivity index (χ2n) is 10.4. The van der Waals surface area contributed by atoms with E-state index in [9.17, 15) is 19.2 Å². The largest absolute Gasteiger partial charge is 0.466 e. The van der Waals surface area contributed by atoms with Gasteiger partial charge in [0.25, 0.3) is 0 Å². The van der Waals surface area contributed by atoms with Crippen LogP contribution in [0, 0.1) is 0 Å². The fourth-order valence-electron chi connectivity index (χ4n) is 4.36. The number of Topliss-reactive ketones (excluding diaryl/α,β-unsaturated/α-hetero) is 1. The van der Waals surface area contributed by atoms with Crippen LogP contribution in [0.1, 0.15) is 118 Å². The summed E-state index contributed by atoms with van der Waals surface area (Å²) >= 11 is 0. The van der Waals surface area contributed by atoms with Crippen molar-refractivity contribution in [3.63, 3.8) is 0 Å². The Labute approximate surface area is 244 Å². The van der Waals surface area contributed by atoms with Crippen LogP contribution < -0.4 is 5.32 Å². The molecule has 40 heavy (non-hydrogen) atoms. The molecule has 0 heterocycles. The van der Waals surface area contributed by atoms with E-state index in [0.29, 0.717) is 83.8 Å². The number of nitrogens with one attached hydrogen (secondary N) is 1. The zero-order chi connectivity index (χ0) is 29.8. The van der Waals surface area contributed by atoms with E-state index in [1.807, 2.05) is 13.8 Å². The van der Waals surface area contributed by atoms with Gasteiger partial charge in [0, 0.05) is 52.0 Å². The van der Waals surface area contributed by atoms with Gasteiger partial charge >= 0.3 is 11.9 Å². The first-order valence-corrected chi connectivity index (χ1v) is 15.9. The number of carbonyl (C=O) groups is 4. The number of carbonyl (C=O) groups excluding carboxylic acids is 4. The quantitative estimate of drug-likeness (QED) is 0.105. The third kappa shape index (κ3) is 23.9. The van der Waals surface area contributed by atoms with Crippen LogP contribution in [0.15, 0.2) is 0 Å². The van der Waals surface area contributed by atoms with Gasteiger partial charge in [0.1, 0.15) is 5.78 Å². The number of hydrogen-bond acceptors (Lipinski definition) is 8. The van der Waals surface area contributed by atoms with Crippen molar-refractivity contribution < 1.29 is 28.7 Å². The molecule has 0 radical (unpaired) electrons. The lowest BCUT2D eigenvalue weighted by atomic mass is 10.1. The highest BCUT2D eigenvalue weighted by Crippen LogP contribution is 2.08. The summed E-state index contributed by atoms with van der Waals surface area (Å²) in [6.07, 6.45) is 11.6. The van der Waals surface area contributed by atoms with Gasteiger partial charge in [-0.2, -0.15) is 0 Å². The molecule has 1 amide bonds. The summed E-state index contributed by atoms with van der Waals surface area (Å²) < 4.78 is 10.0. The highest BCUT2D eigenvalue weighted by Gasteiger charge is 2.12. The Morgan fingerprint density at radius 2 is 1.00 bits per heavy atom. The van der Waals surface area contributed by atoms with Gasteiger partial charge in [-0.05, 0) is 52.6 Å². The lowest BCUT2D eigenvalue weighted by molar-refractivity contribution is -0.144. The molecule has 1 N–H and O–H groups in total. The number of unbranched alkanes of at least 4 members (excludes halogenated alkanes) is 6. The van der Waals surface area contributed by atoms with E-state index in [4.69, 9.17) is 9.47 Å². The van der Waals surface area contributed by atoms with Gasteiger partial charge in [-0.3, -0.25) is 19.2 Å². The third-order valence-electron chi connectivity index (χ3n) is 6.85. The van der Waals surface area contributed by atoms with Gasteiger partial charge in [-0.15, -0.1) is 0 Å². The molecule has 0 aromatic heterocycles. The van der Waals surface area contributed by atoms with Crippen LogP contribution in [0.5, 0.6) is 0 Å². The van der Waals surface area contributed by atoms with Crippen LogP contribution in [0.4, 0.5) is 0 Å². The van der Waals surface area contributed by atoms with Gasteiger partial charge in [-0.1, -0.05) is 46.0 Å². The van der Waals surface area contributed by atoms with Gasteiger partial charge < -0.3 is 24.6 Å². The van der Waals surface area contributed by atoms with E-state index in [2.05, 4.69) is 29.0 Å². The molecule has 0 aliphatic heterocycles. The van der Waals surface area contributed by atoms with Crippen LogP contribution in [0.3, 0.4) is 0 Å². The summed E-state index contributed by atoms with van der Waals surface area (Å²) in [5.74, 6) is -0.0138. The highest BCUT2D eigenvalue weighted by atomic mass is 16.5. The highest BCUT2D eigenvalue weighted by molar-refractivity contribution is 5.78. The molecule has 0 saturated heterocycles. The molecule has 9 nitrogen and oxygen atoms in total. The molecule has 0 aliphatic rings. The monoisotopic (exact) mass is 569 g/mol. The number of nitrogens with zero attached hydrogens (tertiary/aromatic N) is 2. The minimum absolute atomic E-state index is 0.0541. The maximum atomic E-state index is 12.4. The first-order valence-electron chi connectivity index (χ1n) is 15.9. The Balaban J connectivity index is 3.94. The fraction of sp³-hybridized carbons (Fsp3) is 0.871. The zero-order valence-electron chi connectivity index (χ0n) is 26.1. The number of esters is 2. The third-order valence-corrected chi connectivity index (χ3v) is 6.85. The van der Waals surface area contributed by atoms with E-state index >= 15 is 0 Å². The van der Waals surface area contributed by atoms with Crippen LogP contribution in [-0.2, 0) is 28.7 Å². The average molecular weight is 570 g/mol. The predicted octanol–water partition coefficient (Wildman–Crippen LogP) is 4.90. The summed E-state index contributed by atoms with van der Waals surface area (Å²) in [6, 6.07) is 0. The number of ether oxygens (including phenoxy) is 2. The summed E-state index contributed by atoms with van der Waals surface area (Å²) in [6.45, 7) is 13.8. The van der Waals surface area contributed by atoms with Crippen molar-refractivity contribution in [2.24, 2.45) is 0 Å². The maximum Gasteiger partial charge on any atom is 0.307 e. The van der Waals surface area contributed by atoms with Gasteiger partial charge in [0.2, 0.25) is 5.91 Å². The Hall–Kier alpha value is -2.00. The smallest absolute Gasteiger partial charge is 0.307 e. The molecule has 0 fully saturated rings. The molecule has 0 unspecified atom stereocenters. The van der Waals surface area contributed by atoms with Crippen LogP contribution >= 0.6 is 0 Å². The molecule has 234 valence electrons. The molecule has 0 saturated carbocycles. The lowest BCUT2D eigenvalue weighted by Crippen LogP contribution is -2.33. The summed E-state index contributed by atoms with van der Waals surface area (Å²) in [4.78, 5) is 52.3. The Kier molecular flexibility index (Phi) is 25.8. The van der Waals surface area contributed by atoms with Crippen molar-refractivity contribution >= 4 is 23.6 Å². The van der Waals surface area contributed by atoms with Crippen LogP contribution in [-0.4, -0.2) is 92.5 Å². The average Bonchev–Trinajstić information content (AvgIpc) is 2.93. The molecule has 0 bridgehead atoms. The number of amides is 1. The first kappa shape index (κ1) is 38.0. The Bertz CT molecular complexity index is 617. The number of hydrogen-bond donors (Lipinski definition) is 1. The van der Waals surface area contributed by atoms with E-state index < -0.39 is 0 Å². The van der Waals surface area contributed by atoms with Crippen molar-refractivity contribution in [1.29, 1.82) is 0 Å². The standard InChI is InChI=1S/C31H59N3O6/c1-5-9-22-33(26-19-30(37)39-7-3)24-17-28(35)16-14-12-11-13-15-21-32-29(36)18-25-34(23-10-6-2)27-20-31(38)40-8-4/h5-27H2,1-4H3,(H,32,36). The van der Waals surface area contributed by atoms with E-state index in [-0.39, 0.29) is 17.8 Å². The molecule has 0 rings (SSSR count). The van der Waals surface area contributed by atoms with E-state index in [1.165, 1.54) is 0 Å². The number of rotatable bonds is 28. The van der Waals surface area contributed by atoms with Crippen molar-refractivity contribution in [1.82, 2.24) is 15.1 Å². The van der Waals surface area contributed by atoms with Crippen LogP contribution in [0.2, 0.25) is 0 Å². The summed E-state index contributed by atoms with van der Waals surface area (Å²) in [5, 5.41) is 3.01. The summed E-state index contributed by atoms with van der Waals surface area (Å²) in [5.41, 5.74) is 0. The maximum absolute atomic E-state index is 12.4. The Morgan fingerprint density at radius 3 is 1.52 bits per heavy atom. The molecule has 0 aliphatic carbocycles. The predicted molar refractivity (Wildman–Crippen MR) is 160 cm³/mol. The normalized spacial score (nSPS) is 11.2. The minimum Gasteiger partial charge on any atom is -0.466 e. The fourth-order valence-corrected chi connectivity index (χ4v) is 4.36. The van der Waals surface area contributed by atoms with Crippen molar-refractivity contribution in [2.75, 3.05) is 59.0 Å². The van der Waals surface area contributed by atoms with Crippen molar-refractivity contribution in [2.45, 2.75) is 118 Å². The van der Waals surface area contributed by atoms with Crippen molar-refractivity contribution in [3.8, 4) is 0 Å². The summed E-state index contributed by atoms with van der Waals surface area (Å²) in [7, 11) is 0. The molecule has 0 aromatic rings. The van der Waals surface area contributed by atoms with Gasteiger partial charge in [0.05, 0.1) is 26.1 Å². The Morgan fingerprint density at radius 1 is 0.525 bits per heavy atom. The molecular formula is C31H59N3O6. The molecule has 0 spiro atoms. The van der Waals surface area contributed by atoms with Gasteiger partial charge in [-0.25, -0.2) is 0 Å². The molecular weight excluding hydrogens is 510 g/mol. The second kappa shape index (κ2) is 27.2. The zero-order valence-corrected chi connectivity index (χ0v) is 26.1. The first-order chi connectivity index (χ1) is 19.4. The topological polar surface area (TPSA) is 105 Å². The van der Waals surface area contributed by atoms with Gasteiger partial charge in [0.15, 0.2) is 0 Å². The van der Waals surface area contributed by atoms with E-state index in [1.54, 1.807) is 0 Å². The lowest BCUT2D eigenvalue weighted by Gasteiger charge is -2.21. The SMILES string of the molecule is CCCCN(CCC(=O)CCCCCCCNC(=O)CCN(CCCC)CCC(=O)OCC)CCC(=O)OCC. The van der Waals surface area contributed by atoms with E-state index in [0.717, 1.165) is 70.9 Å². The van der Waals surface area contributed by atoms with Crippen LogP contribution in [0.25, 0.3) is 0 Å². The molecule has 0 atom stereocenters. The molecule has 0 aromatic carbocycles. The second-order valence-corrected chi connectivity index (χ2v) is 10.4. The van der Waals surface area contributed by atoms with Crippen molar-refractivity contribution in [3.05, 3.63) is 0 Å². The number of ketones is 1.